The molecule has 0 aliphatic carbocycles. The van der Waals surface area contributed by atoms with Gasteiger partial charge in [-0.3, -0.25) is 0 Å². The van der Waals surface area contributed by atoms with E-state index in [0.717, 1.165) is 14.9 Å². The zero-order valence-electron chi connectivity index (χ0n) is 9.08. The fraction of sp³-hybridized carbons (Fsp3) is 0.0833. The molecule has 78 valence electrons. The van der Waals surface area contributed by atoms with Crippen molar-refractivity contribution < 1.29 is 47.6 Å². The molecule has 0 N–H and O–H groups in total. The van der Waals surface area contributed by atoms with E-state index in [-0.39, 0.29) is 48.6 Å². The number of carbonyl (C=O) groups excluding carboxylic acids is 1. The van der Waals surface area contributed by atoms with E-state index in [1.807, 2.05) is 31.2 Å². The van der Waals surface area contributed by atoms with E-state index in [2.05, 4.69) is 22.0 Å². The summed E-state index contributed by atoms with van der Waals surface area (Å²) in [5.74, 6) is 0.166. The summed E-state index contributed by atoms with van der Waals surface area (Å²) in [4.78, 5) is 14.3. The van der Waals surface area contributed by atoms with E-state index in [1.54, 1.807) is 11.3 Å². The van der Waals surface area contributed by atoms with Gasteiger partial charge in [0.05, 0.1) is 0 Å². The van der Waals surface area contributed by atoms with E-state index in [4.69, 9.17) is 0 Å². The molecule has 1 aromatic heterocycles. The molecule has 0 bridgehead atoms. The predicted molar refractivity (Wildman–Crippen MR) is 67.7 cm³/mol. The first kappa shape index (κ1) is 13.0. The van der Waals surface area contributed by atoms with E-state index < -0.39 is 0 Å². The SMILES string of the molecule is Cc1ccc(C(=O)c2cc(Br)cc[c]2[RaH])s1. The van der Waals surface area contributed by atoms with Crippen molar-refractivity contribution in [3.05, 3.63) is 50.1 Å². The Hall–Kier alpha value is 0.538. The first-order valence-corrected chi connectivity index (χ1v) is 10.7. The minimum absolute atomic E-state index is 0.166. The summed E-state index contributed by atoms with van der Waals surface area (Å²) < 4.78 is 2.22. The second-order valence-electron chi connectivity index (χ2n) is 3.70. The van der Waals surface area contributed by atoms with Crippen molar-refractivity contribution in [2.45, 2.75) is 6.92 Å². The molecule has 1 heterocycles. The molecule has 2 aromatic rings. The van der Waals surface area contributed by atoms with Crippen LogP contribution in [0, 0.1) is 49.7 Å². The molecule has 0 atom stereocenters. The molecule has 0 saturated heterocycles. The second kappa shape index (κ2) is 5.45. The third-order valence-electron chi connectivity index (χ3n) is 2.41. The van der Waals surface area contributed by atoms with Crippen LogP contribution in [-0.4, -0.2) is 5.78 Å². The van der Waals surface area contributed by atoms with Gasteiger partial charge in [0.2, 0.25) is 0 Å². The molecule has 0 aliphatic rings. The number of benzene rings is 1. The van der Waals surface area contributed by atoms with Gasteiger partial charge in [-0.1, -0.05) is 0 Å². The van der Waals surface area contributed by atoms with Crippen LogP contribution in [0.5, 0.6) is 0 Å². The van der Waals surface area contributed by atoms with Crippen LogP contribution in [-0.2, 0) is 0 Å². The van der Waals surface area contributed by atoms with Gasteiger partial charge in [0.25, 0.3) is 0 Å². The Balaban J connectivity index is 2.45. The standard InChI is InChI=1S/C12H8BrOS.Ra.H/c1-8-5-6-11(15-8)12(14)9-3-2-4-10(13)7-9;;/h2,4-7H,1H3;;. The minimum atomic E-state index is 0.166. The predicted octanol–water partition coefficient (Wildman–Crippen LogP) is 2.96. The molecule has 0 amide bonds. The zero-order chi connectivity index (χ0) is 11.7. The summed E-state index contributed by atoms with van der Waals surface area (Å²) >= 11 is 5.18. The van der Waals surface area contributed by atoms with Crippen molar-refractivity contribution in [2.75, 3.05) is 0 Å². The summed E-state index contributed by atoms with van der Waals surface area (Å²) in [6.45, 7) is 2.02. The molecular formula is C12H9BrORaS. The molecule has 1 nitrogen and oxygen atoms in total. The molecule has 0 unspecified atom stereocenters. The van der Waals surface area contributed by atoms with Gasteiger partial charge >= 0.3 is 138 Å². The van der Waals surface area contributed by atoms with Crippen molar-refractivity contribution in [3.8, 4) is 0 Å². The summed E-state index contributed by atoms with van der Waals surface area (Å²) in [6.07, 6.45) is 0. The number of aryl methyl sites for hydroxylation is 1. The Morgan fingerprint density at radius 1 is 1.31 bits per heavy atom. The third kappa shape index (κ3) is 2.86. The molecule has 0 saturated carbocycles. The van der Waals surface area contributed by atoms with Crippen LogP contribution in [0.4, 0.5) is 0 Å². The summed E-state index contributed by atoms with van der Waals surface area (Å²) in [7, 11) is 0. The molecule has 0 spiro atoms. The van der Waals surface area contributed by atoms with Crippen LogP contribution in [0.3, 0.4) is 0 Å². The average Bonchev–Trinajstić information content (AvgIpc) is 2.67. The molecule has 2 rings (SSSR count). The van der Waals surface area contributed by atoms with Gasteiger partial charge in [0.1, 0.15) is 0 Å². The molecule has 16 heavy (non-hydrogen) atoms. The maximum atomic E-state index is 12.3. The van der Waals surface area contributed by atoms with E-state index in [9.17, 15) is 4.79 Å². The number of hydrogen-bond donors (Lipinski definition) is 0. The molecule has 0 aliphatic heterocycles. The normalized spacial score (nSPS) is 10.3. The van der Waals surface area contributed by atoms with Crippen LogP contribution in [0.1, 0.15) is 20.1 Å². The Bertz CT molecular complexity index is 548. The summed E-state index contributed by atoms with van der Waals surface area (Å²) in [5, 5.41) is 0. The van der Waals surface area contributed by atoms with Crippen LogP contribution < -0.4 is 0.604 Å². The van der Waals surface area contributed by atoms with E-state index >= 15 is 0 Å². The van der Waals surface area contributed by atoms with Crippen molar-refractivity contribution in [1.29, 1.82) is 0 Å². The van der Waals surface area contributed by atoms with Gasteiger partial charge in [0, 0.05) is 0 Å². The summed E-state index contributed by atoms with van der Waals surface area (Å²) in [6, 6.07) is 9.92. The Labute approximate surface area is 136 Å². The van der Waals surface area contributed by atoms with Crippen LogP contribution in [0.2, 0.25) is 0 Å². The average molecular weight is 507 g/mol. The fourth-order valence-electron chi connectivity index (χ4n) is 1.53. The fourth-order valence-corrected chi connectivity index (χ4v) is 4.92. The number of thiophene rings is 1. The third-order valence-corrected chi connectivity index (χ3v) is 7.48. The Morgan fingerprint density at radius 3 is 2.69 bits per heavy atom. The number of rotatable bonds is 2. The number of halogens is 1. The van der Waals surface area contributed by atoms with Crippen molar-refractivity contribution in [2.24, 2.45) is 0 Å². The topological polar surface area (TPSA) is 17.1 Å². The first-order chi connectivity index (χ1) is 7.58. The second-order valence-corrected chi connectivity index (χ2v) is 10.3. The Kier molecular flexibility index (Phi) is 4.42. The zero-order valence-corrected chi connectivity index (χ0v) is 19.7. The van der Waals surface area contributed by atoms with Crippen LogP contribution in [0.15, 0.2) is 34.8 Å². The monoisotopic (exact) mass is 506 g/mol. The molecule has 4 heteroatoms. The van der Waals surface area contributed by atoms with Crippen molar-refractivity contribution >= 4 is 33.7 Å². The number of carbonyl (C=O) groups is 1. The van der Waals surface area contributed by atoms with E-state index in [0.29, 0.717) is 0 Å². The first-order valence-electron chi connectivity index (χ1n) is 4.95. The van der Waals surface area contributed by atoms with Gasteiger partial charge in [-0.2, -0.15) is 0 Å². The molecule has 0 radical (unpaired) electrons. The molecular weight excluding hydrogens is 498 g/mol. The van der Waals surface area contributed by atoms with Gasteiger partial charge in [-0.15, -0.1) is 0 Å². The number of ketones is 1. The maximum absolute atomic E-state index is 12.3. The molecule has 1 aromatic carbocycles. The van der Waals surface area contributed by atoms with E-state index in [1.165, 1.54) is 5.48 Å². The van der Waals surface area contributed by atoms with Crippen LogP contribution >= 0.6 is 27.3 Å². The van der Waals surface area contributed by atoms with Gasteiger partial charge in [0.15, 0.2) is 0 Å². The summed E-state index contributed by atoms with van der Waals surface area (Å²) in [5.41, 5.74) is 0.876. The Morgan fingerprint density at radius 2 is 2.06 bits per heavy atom. The van der Waals surface area contributed by atoms with Gasteiger partial charge in [-0.25, -0.2) is 0 Å². The quantitative estimate of drug-likeness (QED) is 0.572. The van der Waals surface area contributed by atoms with Crippen LogP contribution in [0.25, 0.3) is 0 Å². The number of hydrogen-bond acceptors (Lipinski definition) is 2. The van der Waals surface area contributed by atoms with Gasteiger partial charge in [-0.05, 0) is 0 Å². The van der Waals surface area contributed by atoms with Crippen molar-refractivity contribution in [3.63, 3.8) is 0 Å². The molecule has 0 fully saturated rings. The van der Waals surface area contributed by atoms with Crippen molar-refractivity contribution in [1.82, 2.24) is 0 Å². The van der Waals surface area contributed by atoms with Gasteiger partial charge < -0.3 is 0 Å².